The van der Waals surface area contributed by atoms with Crippen molar-refractivity contribution in [2.75, 3.05) is 33.8 Å². The van der Waals surface area contributed by atoms with Gasteiger partial charge in [0.25, 0.3) is 0 Å². The predicted molar refractivity (Wildman–Crippen MR) is 71.2 cm³/mol. The highest BCUT2D eigenvalue weighted by Crippen LogP contribution is 2.17. The zero-order valence-electron chi connectivity index (χ0n) is 11.0. The number of rotatable bonds is 7. The summed E-state index contributed by atoms with van der Waals surface area (Å²) < 4.78 is 18.3. The summed E-state index contributed by atoms with van der Waals surface area (Å²) >= 11 is 0. The Labute approximate surface area is 108 Å². The van der Waals surface area contributed by atoms with Crippen LogP contribution in [-0.2, 0) is 6.42 Å². The van der Waals surface area contributed by atoms with Crippen molar-refractivity contribution in [2.24, 2.45) is 11.5 Å². The summed E-state index contributed by atoms with van der Waals surface area (Å²) in [5.74, 6) is -0.0476. The van der Waals surface area contributed by atoms with Crippen molar-refractivity contribution < 1.29 is 9.13 Å². The molecule has 0 fully saturated rings. The molecule has 5 heteroatoms. The molecule has 0 aliphatic carbocycles. The van der Waals surface area contributed by atoms with Crippen molar-refractivity contribution >= 4 is 0 Å². The maximum absolute atomic E-state index is 13.5. The molecule has 0 spiro atoms. The molecule has 0 aromatic heterocycles. The van der Waals surface area contributed by atoms with Gasteiger partial charge >= 0.3 is 0 Å². The van der Waals surface area contributed by atoms with E-state index in [4.69, 9.17) is 16.2 Å². The Morgan fingerprint density at radius 1 is 1.44 bits per heavy atom. The highest BCUT2D eigenvalue weighted by molar-refractivity contribution is 5.29. The second-order valence-corrected chi connectivity index (χ2v) is 4.48. The Morgan fingerprint density at radius 3 is 2.72 bits per heavy atom. The molecule has 18 heavy (non-hydrogen) atoms. The smallest absolute Gasteiger partial charge is 0.165 e. The maximum atomic E-state index is 13.5. The van der Waals surface area contributed by atoms with Gasteiger partial charge in [-0.25, -0.2) is 4.39 Å². The van der Waals surface area contributed by atoms with Gasteiger partial charge in [-0.05, 0) is 31.2 Å². The van der Waals surface area contributed by atoms with Crippen LogP contribution in [0, 0.1) is 5.82 Å². The Hall–Kier alpha value is -1.17. The fraction of sp³-hybridized carbons (Fsp3) is 0.538. The molecular formula is C13H22FN3O. The largest absolute Gasteiger partial charge is 0.494 e. The van der Waals surface area contributed by atoms with Crippen LogP contribution >= 0.6 is 0 Å². The molecule has 0 amide bonds. The van der Waals surface area contributed by atoms with E-state index in [1.165, 1.54) is 13.2 Å². The average molecular weight is 255 g/mol. The van der Waals surface area contributed by atoms with E-state index in [9.17, 15) is 4.39 Å². The normalized spacial score (nSPS) is 12.8. The van der Waals surface area contributed by atoms with Crippen molar-refractivity contribution in [3.05, 3.63) is 29.6 Å². The summed E-state index contributed by atoms with van der Waals surface area (Å²) in [6.07, 6.45) is 0.773. The summed E-state index contributed by atoms with van der Waals surface area (Å²) in [6, 6.07) is 5.02. The van der Waals surface area contributed by atoms with Gasteiger partial charge in [-0.1, -0.05) is 6.07 Å². The van der Waals surface area contributed by atoms with Gasteiger partial charge in [-0.2, -0.15) is 0 Å². The number of benzene rings is 1. The Bertz CT molecular complexity index is 373. The average Bonchev–Trinajstić information content (AvgIpc) is 2.36. The SMILES string of the molecule is COc1ccc(CCN(C)CC(N)CN)cc1F. The van der Waals surface area contributed by atoms with Crippen LogP contribution < -0.4 is 16.2 Å². The van der Waals surface area contributed by atoms with E-state index in [1.54, 1.807) is 6.07 Å². The first kappa shape index (κ1) is 14.9. The fourth-order valence-electron chi connectivity index (χ4n) is 1.75. The number of halogens is 1. The summed E-state index contributed by atoms with van der Waals surface area (Å²) in [5, 5.41) is 0. The molecular weight excluding hydrogens is 233 g/mol. The first-order valence-corrected chi connectivity index (χ1v) is 6.03. The van der Waals surface area contributed by atoms with Crippen molar-refractivity contribution in [1.82, 2.24) is 4.90 Å². The van der Waals surface area contributed by atoms with E-state index >= 15 is 0 Å². The van der Waals surface area contributed by atoms with Crippen molar-refractivity contribution in [3.8, 4) is 5.75 Å². The zero-order chi connectivity index (χ0) is 13.5. The molecule has 102 valence electrons. The summed E-state index contributed by atoms with van der Waals surface area (Å²) in [5.41, 5.74) is 12.2. The Balaban J connectivity index is 2.46. The van der Waals surface area contributed by atoms with Crippen LogP contribution in [0.25, 0.3) is 0 Å². The van der Waals surface area contributed by atoms with Crippen LogP contribution in [-0.4, -0.2) is 44.7 Å². The molecule has 0 saturated heterocycles. The number of nitrogens with two attached hydrogens (primary N) is 2. The second-order valence-electron chi connectivity index (χ2n) is 4.48. The predicted octanol–water partition coefficient (Wildman–Crippen LogP) is 0.595. The van der Waals surface area contributed by atoms with Gasteiger partial charge in [0.1, 0.15) is 0 Å². The number of ether oxygens (including phenoxy) is 1. The zero-order valence-corrected chi connectivity index (χ0v) is 11.0. The lowest BCUT2D eigenvalue weighted by Gasteiger charge is -2.20. The molecule has 0 aliphatic heterocycles. The molecule has 0 radical (unpaired) electrons. The maximum Gasteiger partial charge on any atom is 0.165 e. The Morgan fingerprint density at radius 2 is 2.17 bits per heavy atom. The number of methoxy groups -OCH3 is 1. The lowest BCUT2D eigenvalue weighted by molar-refractivity contribution is 0.316. The minimum atomic E-state index is -0.323. The van der Waals surface area contributed by atoms with Crippen LogP contribution in [0.15, 0.2) is 18.2 Å². The van der Waals surface area contributed by atoms with Crippen LogP contribution in [0.4, 0.5) is 4.39 Å². The van der Waals surface area contributed by atoms with Crippen LogP contribution in [0.2, 0.25) is 0 Å². The number of likely N-dealkylation sites (N-methyl/N-ethyl adjacent to an activating group) is 1. The van der Waals surface area contributed by atoms with Gasteiger partial charge < -0.3 is 21.1 Å². The minimum Gasteiger partial charge on any atom is -0.494 e. The highest BCUT2D eigenvalue weighted by atomic mass is 19.1. The van der Waals surface area contributed by atoms with Gasteiger partial charge in [0.05, 0.1) is 7.11 Å². The monoisotopic (exact) mass is 255 g/mol. The lowest BCUT2D eigenvalue weighted by atomic mass is 10.1. The van der Waals surface area contributed by atoms with E-state index < -0.39 is 0 Å². The summed E-state index contributed by atoms with van der Waals surface area (Å²) in [6.45, 7) is 2.04. The molecule has 1 unspecified atom stereocenters. The van der Waals surface area contributed by atoms with Gasteiger partial charge in [-0.15, -0.1) is 0 Å². The molecule has 0 heterocycles. The third-order valence-corrected chi connectivity index (χ3v) is 2.85. The van der Waals surface area contributed by atoms with Gasteiger partial charge in [0, 0.05) is 25.7 Å². The van der Waals surface area contributed by atoms with Gasteiger partial charge in [0.15, 0.2) is 11.6 Å². The Kier molecular flexibility index (Phi) is 6.04. The van der Waals surface area contributed by atoms with Gasteiger partial charge in [-0.3, -0.25) is 0 Å². The molecule has 1 rings (SSSR count). The van der Waals surface area contributed by atoms with E-state index in [0.29, 0.717) is 6.54 Å². The molecule has 0 bridgehead atoms. The van der Waals surface area contributed by atoms with E-state index in [1.807, 2.05) is 13.1 Å². The van der Waals surface area contributed by atoms with E-state index in [-0.39, 0.29) is 17.6 Å². The van der Waals surface area contributed by atoms with Crippen LogP contribution in [0.5, 0.6) is 5.75 Å². The molecule has 1 atom stereocenters. The number of hydrogen-bond donors (Lipinski definition) is 2. The molecule has 4 N–H and O–H groups in total. The highest BCUT2D eigenvalue weighted by Gasteiger charge is 2.07. The molecule has 1 aromatic carbocycles. The topological polar surface area (TPSA) is 64.5 Å². The second kappa shape index (κ2) is 7.31. The number of nitrogens with zero attached hydrogens (tertiary/aromatic N) is 1. The molecule has 4 nitrogen and oxygen atoms in total. The van der Waals surface area contributed by atoms with Crippen molar-refractivity contribution in [2.45, 2.75) is 12.5 Å². The third-order valence-electron chi connectivity index (χ3n) is 2.85. The lowest BCUT2D eigenvalue weighted by Crippen LogP contribution is -2.41. The molecule has 1 aromatic rings. The van der Waals surface area contributed by atoms with Crippen molar-refractivity contribution in [1.29, 1.82) is 0 Å². The quantitative estimate of drug-likeness (QED) is 0.748. The summed E-state index contributed by atoms with van der Waals surface area (Å²) in [7, 11) is 3.44. The van der Waals surface area contributed by atoms with Crippen LogP contribution in [0.1, 0.15) is 5.56 Å². The first-order valence-electron chi connectivity index (χ1n) is 6.03. The van der Waals surface area contributed by atoms with E-state index in [2.05, 4.69) is 4.90 Å². The fourth-order valence-corrected chi connectivity index (χ4v) is 1.75. The first-order chi connectivity index (χ1) is 8.56. The minimum absolute atomic E-state index is 0.0115. The standard InChI is InChI=1S/C13H22FN3O/c1-17(9-11(16)8-15)6-5-10-3-4-13(18-2)12(14)7-10/h3-4,7,11H,5-6,8-9,15-16H2,1-2H3. The van der Waals surface area contributed by atoms with Crippen LogP contribution in [0.3, 0.4) is 0 Å². The van der Waals surface area contributed by atoms with E-state index in [0.717, 1.165) is 25.1 Å². The summed E-state index contributed by atoms with van der Waals surface area (Å²) in [4.78, 5) is 2.10. The number of hydrogen-bond acceptors (Lipinski definition) is 4. The third kappa shape index (κ3) is 4.60. The van der Waals surface area contributed by atoms with Gasteiger partial charge in [0.2, 0.25) is 0 Å². The molecule has 0 saturated carbocycles. The van der Waals surface area contributed by atoms with Crippen molar-refractivity contribution in [3.63, 3.8) is 0 Å². The molecule has 0 aliphatic rings.